The van der Waals surface area contributed by atoms with E-state index in [2.05, 4.69) is 0 Å². The fourth-order valence-electron chi connectivity index (χ4n) is 2.43. The number of hydrogen-bond donors (Lipinski definition) is 0. The van der Waals surface area contributed by atoms with Gasteiger partial charge >= 0.3 is 5.91 Å². The lowest BCUT2D eigenvalue weighted by Crippen LogP contribution is -2.36. The van der Waals surface area contributed by atoms with Crippen molar-refractivity contribution >= 4 is 46.5 Å². The van der Waals surface area contributed by atoms with Crippen LogP contribution in [0.25, 0.3) is 0 Å². The van der Waals surface area contributed by atoms with Crippen LogP contribution in [-0.4, -0.2) is 24.7 Å². The topological polar surface area (TPSA) is 63.7 Å². The largest absolute Gasteiger partial charge is 0.494 e. The van der Waals surface area contributed by atoms with Gasteiger partial charge in [-0.1, -0.05) is 35.3 Å². The van der Waals surface area contributed by atoms with Crippen LogP contribution in [0.15, 0.2) is 36.4 Å². The first kappa shape index (κ1) is 15.5. The molecule has 7 heteroatoms. The number of ether oxygens (including phenoxy) is 1. The molecule has 2 amide bonds. The van der Waals surface area contributed by atoms with Gasteiger partial charge in [-0.25, -0.2) is 4.90 Å². The number of Topliss-reactive ketones (excluding diaryl/α,β-unsaturated/α-hetero) is 1. The maximum absolute atomic E-state index is 12.8. The van der Waals surface area contributed by atoms with E-state index in [1.54, 1.807) is 12.1 Å². The smallest absolute Gasteiger partial charge is 0.306 e. The molecule has 0 fully saturated rings. The maximum atomic E-state index is 12.8. The molecule has 0 spiro atoms. The summed E-state index contributed by atoms with van der Waals surface area (Å²) in [5.74, 6) is -2.40. The minimum Gasteiger partial charge on any atom is -0.494 e. The van der Waals surface area contributed by atoms with E-state index < -0.39 is 17.6 Å². The number of rotatable bonds is 2. The Hall–Kier alpha value is -2.37. The van der Waals surface area contributed by atoms with Gasteiger partial charge in [-0.05, 0) is 24.3 Å². The molecule has 0 aromatic heterocycles. The van der Waals surface area contributed by atoms with Gasteiger partial charge in [-0.15, -0.1) is 0 Å². The van der Waals surface area contributed by atoms with E-state index in [9.17, 15) is 14.4 Å². The molecule has 1 aliphatic rings. The van der Waals surface area contributed by atoms with Gasteiger partial charge in [-0.3, -0.25) is 14.4 Å². The quantitative estimate of drug-likeness (QED) is 0.615. The van der Waals surface area contributed by atoms with Crippen molar-refractivity contribution in [3.8, 4) is 5.75 Å². The standard InChI is InChI=1S/C16H9Cl2NO4/c1-23-14-10(18)7-6-9(17)12(14)15(21)19-11-5-3-2-4-8(11)13(20)16(19)22/h2-7H,1H3. The van der Waals surface area contributed by atoms with Crippen LogP contribution in [-0.2, 0) is 4.79 Å². The molecule has 0 unspecified atom stereocenters. The van der Waals surface area contributed by atoms with E-state index in [1.807, 2.05) is 0 Å². The highest BCUT2D eigenvalue weighted by atomic mass is 35.5. The average molecular weight is 350 g/mol. The first-order valence-electron chi connectivity index (χ1n) is 6.51. The fourth-order valence-corrected chi connectivity index (χ4v) is 2.90. The summed E-state index contributed by atoms with van der Waals surface area (Å²) in [4.78, 5) is 37.9. The van der Waals surface area contributed by atoms with Crippen molar-refractivity contribution in [1.29, 1.82) is 0 Å². The molecule has 0 radical (unpaired) electrons. The second-order valence-corrected chi connectivity index (χ2v) is 5.54. The zero-order valence-electron chi connectivity index (χ0n) is 11.8. The summed E-state index contributed by atoms with van der Waals surface area (Å²) in [6.45, 7) is 0. The lowest BCUT2D eigenvalue weighted by Gasteiger charge is -2.18. The number of carbonyl (C=O) groups excluding carboxylic acids is 3. The van der Waals surface area contributed by atoms with Crippen molar-refractivity contribution in [1.82, 2.24) is 0 Å². The second-order valence-electron chi connectivity index (χ2n) is 4.73. The highest BCUT2D eigenvalue weighted by Gasteiger charge is 2.41. The Bertz CT molecular complexity index is 863. The normalized spacial score (nSPS) is 13.3. The molecule has 116 valence electrons. The van der Waals surface area contributed by atoms with Crippen molar-refractivity contribution in [2.24, 2.45) is 0 Å². The van der Waals surface area contributed by atoms with Crippen molar-refractivity contribution in [2.75, 3.05) is 12.0 Å². The van der Waals surface area contributed by atoms with Crippen LogP contribution in [0.4, 0.5) is 5.69 Å². The molecule has 1 heterocycles. The van der Waals surface area contributed by atoms with Gasteiger partial charge in [0.15, 0.2) is 5.75 Å². The van der Waals surface area contributed by atoms with Crippen molar-refractivity contribution in [2.45, 2.75) is 0 Å². The van der Waals surface area contributed by atoms with Gasteiger partial charge in [0.05, 0.1) is 28.4 Å². The summed E-state index contributed by atoms with van der Waals surface area (Å²) in [5.41, 5.74) is 0.313. The number of imide groups is 1. The number of ketones is 1. The third-order valence-corrected chi connectivity index (χ3v) is 4.08. The number of methoxy groups -OCH3 is 1. The number of nitrogens with zero attached hydrogens (tertiary/aromatic N) is 1. The molecule has 5 nitrogen and oxygen atoms in total. The summed E-state index contributed by atoms with van der Waals surface area (Å²) in [5, 5.41) is 0.243. The van der Waals surface area contributed by atoms with E-state index in [1.165, 1.54) is 31.4 Å². The summed E-state index contributed by atoms with van der Waals surface area (Å²) >= 11 is 12.1. The van der Waals surface area contributed by atoms with E-state index in [0.29, 0.717) is 0 Å². The SMILES string of the molecule is COc1c(Cl)ccc(Cl)c1C(=O)N1C(=O)C(=O)c2ccccc21. The van der Waals surface area contributed by atoms with Gasteiger partial charge in [0, 0.05) is 0 Å². The fraction of sp³-hybridized carbons (Fsp3) is 0.0625. The lowest BCUT2D eigenvalue weighted by atomic mass is 10.1. The molecule has 3 rings (SSSR count). The minimum atomic E-state index is -0.936. The Labute approximate surface area is 141 Å². The first-order chi connectivity index (χ1) is 11.0. The van der Waals surface area contributed by atoms with Crippen LogP contribution in [0, 0.1) is 0 Å². The average Bonchev–Trinajstić information content (AvgIpc) is 2.80. The van der Waals surface area contributed by atoms with E-state index in [4.69, 9.17) is 27.9 Å². The Kier molecular flexibility index (Phi) is 3.83. The van der Waals surface area contributed by atoms with Crippen LogP contribution in [0.5, 0.6) is 5.75 Å². The maximum Gasteiger partial charge on any atom is 0.306 e. The molecule has 2 aromatic carbocycles. The van der Waals surface area contributed by atoms with Gasteiger partial charge in [0.2, 0.25) is 0 Å². The summed E-state index contributed by atoms with van der Waals surface area (Å²) in [6.07, 6.45) is 0. The van der Waals surface area contributed by atoms with Gasteiger partial charge in [0.25, 0.3) is 11.7 Å². The van der Waals surface area contributed by atoms with E-state index >= 15 is 0 Å². The zero-order chi connectivity index (χ0) is 16.7. The summed E-state index contributed by atoms with van der Waals surface area (Å²) in [7, 11) is 1.33. The molecule has 0 saturated carbocycles. The molecule has 0 bridgehead atoms. The second kappa shape index (κ2) is 5.68. The van der Waals surface area contributed by atoms with Crippen LogP contribution in [0.2, 0.25) is 10.0 Å². The molecule has 0 atom stereocenters. The molecule has 0 saturated heterocycles. The zero-order valence-corrected chi connectivity index (χ0v) is 13.3. The van der Waals surface area contributed by atoms with Gasteiger partial charge < -0.3 is 4.74 Å². The Morgan fingerprint density at radius 2 is 1.70 bits per heavy atom. The number of anilines is 1. The first-order valence-corrected chi connectivity index (χ1v) is 7.27. The molecular formula is C16H9Cl2NO4. The number of halogens is 2. The monoisotopic (exact) mass is 349 g/mol. The summed E-state index contributed by atoms with van der Waals surface area (Å²) in [6, 6.07) is 9.14. The van der Waals surface area contributed by atoms with Crippen molar-refractivity contribution in [3.05, 3.63) is 57.6 Å². The molecule has 23 heavy (non-hydrogen) atoms. The predicted molar refractivity (Wildman–Crippen MR) is 85.6 cm³/mol. The molecule has 0 N–H and O–H groups in total. The molecule has 2 aromatic rings. The number of para-hydroxylation sites is 1. The lowest BCUT2D eigenvalue weighted by molar-refractivity contribution is -0.113. The van der Waals surface area contributed by atoms with E-state index in [-0.39, 0.29) is 32.6 Å². The minimum absolute atomic E-state index is 0.0498. The predicted octanol–water partition coefficient (Wildman–Crippen LogP) is 3.37. The van der Waals surface area contributed by atoms with Crippen molar-refractivity contribution in [3.63, 3.8) is 0 Å². The molecular weight excluding hydrogens is 341 g/mol. The number of hydrogen-bond acceptors (Lipinski definition) is 4. The van der Waals surface area contributed by atoms with Gasteiger partial charge in [0.1, 0.15) is 5.56 Å². The van der Waals surface area contributed by atoms with Crippen LogP contribution in [0.1, 0.15) is 20.7 Å². The molecule has 0 aliphatic carbocycles. The highest BCUT2D eigenvalue weighted by molar-refractivity contribution is 6.57. The number of carbonyl (C=O) groups is 3. The van der Waals surface area contributed by atoms with Crippen LogP contribution >= 0.6 is 23.2 Å². The highest BCUT2D eigenvalue weighted by Crippen LogP contribution is 2.37. The van der Waals surface area contributed by atoms with Crippen LogP contribution in [0.3, 0.4) is 0 Å². The van der Waals surface area contributed by atoms with E-state index in [0.717, 1.165) is 4.90 Å². The number of fused-ring (bicyclic) bond motifs is 1. The number of amides is 2. The third-order valence-electron chi connectivity index (χ3n) is 3.47. The number of benzene rings is 2. The third kappa shape index (κ3) is 2.29. The van der Waals surface area contributed by atoms with Gasteiger partial charge in [-0.2, -0.15) is 0 Å². The Morgan fingerprint density at radius 1 is 1.04 bits per heavy atom. The Balaban J connectivity index is 2.18. The Morgan fingerprint density at radius 3 is 2.39 bits per heavy atom. The summed E-state index contributed by atoms with van der Waals surface area (Å²) < 4.78 is 5.13. The van der Waals surface area contributed by atoms with Crippen molar-refractivity contribution < 1.29 is 19.1 Å². The van der Waals surface area contributed by atoms with Crippen LogP contribution < -0.4 is 9.64 Å². The molecule has 1 aliphatic heterocycles.